The minimum Gasteiger partial charge on any atom is -0.493 e. The highest BCUT2D eigenvalue weighted by atomic mass is 32.2. The van der Waals surface area contributed by atoms with Crippen molar-refractivity contribution >= 4 is 21.7 Å². The lowest BCUT2D eigenvalue weighted by atomic mass is 10.1. The highest BCUT2D eigenvalue weighted by Crippen LogP contribution is 2.28. The van der Waals surface area contributed by atoms with E-state index in [1.807, 2.05) is 12.1 Å². The van der Waals surface area contributed by atoms with Gasteiger partial charge in [0.15, 0.2) is 11.5 Å². The van der Waals surface area contributed by atoms with Crippen molar-refractivity contribution in [2.24, 2.45) is 0 Å². The highest BCUT2D eigenvalue weighted by Gasteiger charge is 2.18. The van der Waals surface area contributed by atoms with Crippen LogP contribution >= 0.6 is 0 Å². The normalized spacial score (nSPS) is 11.2. The Bertz CT molecular complexity index is 993. The van der Waals surface area contributed by atoms with E-state index in [0.717, 1.165) is 11.6 Å². The van der Waals surface area contributed by atoms with Gasteiger partial charge < -0.3 is 24.6 Å². The molecule has 3 N–H and O–H groups in total. The van der Waals surface area contributed by atoms with Gasteiger partial charge in [-0.3, -0.25) is 0 Å². The second-order valence-electron chi connectivity index (χ2n) is 6.62. The van der Waals surface area contributed by atoms with Gasteiger partial charge in [0.05, 0.1) is 24.7 Å². The predicted octanol–water partition coefficient (Wildman–Crippen LogP) is 2.37. The fraction of sp³-hybridized carbons (Fsp3) is 0.381. The number of methoxy groups -OCH3 is 3. The number of rotatable bonds is 13. The van der Waals surface area contributed by atoms with Gasteiger partial charge in [-0.1, -0.05) is 6.07 Å². The molecule has 0 aliphatic heterocycles. The number of carbonyl (C=O) groups is 1. The number of hydrogen-bond acceptors (Lipinski definition) is 7. The lowest BCUT2D eigenvalue weighted by molar-refractivity contribution is 0.0697. The summed E-state index contributed by atoms with van der Waals surface area (Å²) in [5.74, 6) is 0.0174. The van der Waals surface area contributed by atoms with Gasteiger partial charge in [0.2, 0.25) is 10.0 Å². The SMILES string of the molecule is COCCCNS(=O)(=O)c1ccc(NCCc2ccc(OC)c(OC)c2)c(C(=O)O)c1. The van der Waals surface area contributed by atoms with Crippen LogP contribution in [0.1, 0.15) is 22.3 Å². The van der Waals surface area contributed by atoms with E-state index < -0.39 is 16.0 Å². The monoisotopic (exact) mass is 452 g/mol. The van der Waals surface area contributed by atoms with Crippen molar-refractivity contribution in [3.05, 3.63) is 47.5 Å². The van der Waals surface area contributed by atoms with E-state index in [1.165, 1.54) is 19.2 Å². The van der Waals surface area contributed by atoms with Gasteiger partial charge in [0, 0.05) is 32.5 Å². The van der Waals surface area contributed by atoms with Crippen LogP contribution in [0.25, 0.3) is 0 Å². The molecular formula is C21H28N2O7S. The molecule has 0 heterocycles. The lowest BCUT2D eigenvalue weighted by Crippen LogP contribution is -2.26. The van der Waals surface area contributed by atoms with Crippen LogP contribution in [0, 0.1) is 0 Å². The van der Waals surface area contributed by atoms with Gasteiger partial charge in [-0.2, -0.15) is 0 Å². The molecule has 170 valence electrons. The van der Waals surface area contributed by atoms with Crippen molar-refractivity contribution in [3.63, 3.8) is 0 Å². The molecule has 0 amide bonds. The number of aromatic carboxylic acids is 1. The van der Waals surface area contributed by atoms with E-state index in [1.54, 1.807) is 20.3 Å². The Kier molecular flexibility index (Phi) is 9.10. The Hall–Kier alpha value is -2.82. The molecule has 0 bridgehead atoms. The Balaban J connectivity index is 2.09. The van der Waals surface area contributed by atoms with Crippen molar-refractivity contribution < 1.29 is 32.5 Å². The number of hydrogen-bond donors (Lipinski definition) is 3. The third-order valence-corrected chi connectivity index (χ3v) is 5.98. The quantitative estimate of drug-likeness (QED) is 0.396. The first-order chi connectivity index (χ1) is 14.8. The fourth-order valence-corrected chi connectivity index (χ4v) is 4.01. The Labute approximate surface area is 182 Å². The van der Waals surface area contributed by atoms with Gasteiger partial charge in [-0.05, 0) is 48.7 Å². The zero-order chi connectivity index (χ0) is 22.9. The van der Waals surface area contributed by atoms with Crippen LogP contribution in [0.3, 0.4) is 0 Å². The van der Waals surface area contributed by atoms with Crippen molar-refractivity contribution in [1.82, 2.24) is 4.72 Å². The van der Waals surface area contributed by atoms with Crippen LogP contribution in [0.4, 0.5) is 5.69 Å². The molecule has 0 spiro atoms. The largest absolute Gasteiger partial charge is 0.493 e. The first-order valence-corrected chi connectivity index (χ1v) is 11.1. The van der Waals surface area contributed by atoms with Crippen LogP contribution in [0.2, 0.25) is 0 Å². The van der Waals surface area contributed by atoms with E-state index >= 15 is 0 Å². The van der Waals surface area contributed by atoms with Gasteiger partial charge in [-0.15, -0.1) is 0 Å². The average molecular weight is 453 g/mol. The van der Waals surface area contributed by atoms with E-state index in [4.69, 9.17) is 14.2 Å². The second-order valence-corrected chi connectivity index (χ2v) is 8.39. The third kappa shape index (κ3) is 6.84. The summed E-state index contributed by atoms with van der Waals surface area (Å²) in [7, 11) is 0.836. The zero-order valence-electron chi connectivity index (χ0n) is 17.8. The van der Waals surface area contributed by atoms with Gasteiger partial charge in [0.25, 0.3) is 0 Å². The molecule has 0 unspecified atom stereocenters. The summed E-state index contributed by atoms with van der Waals surface area (Å²) < 4.78 is 42.6. The van der Waals surface area contributed by atoms with Crippen LogP contribution in [-0.2, 0) is 21.2 Å². The Morgan fingerprint density at radius 2 is 1.74 bits per heavy atom. The molecule has 0 aliphatic carbocycles. The van der Waals surface area contributed by atoms with Crippen LogP contribution in [0.5, 0.6) is 11.5 Å². The summed E-state index contributed by atoms with van der Waals surface area (Å²) in [6.45, 7) is 1.06. The summed E-state index contributed by atoms with van der Waals surface area (Å²) in [4.78, 5) is 11.6. The van der Waals surface area contributed by atoms with Crippen LogP contribution in [-0.4, -0.2) is 60.5 Å². The molecule has 10 heteroatoms. The smallest absolute Gasteiger partial charge is 0.337 e. The van der Waals surface area contributed by atoms with Crippen LogP contribution < -0.4 is 19.5 Å². The maximum Gasteiger partial charge on any atom is 0.337 e. The summed E-state index contributed by atoms with van der Waals surface area (Å²) in [5.41, 5.74) is 1.19. The molecule has 0 fully saturated rings. The van der Waals surface area contributed by atoms with Crippen molar-refractivity contribution in [2.75, 3.05) is 46.3 Å². The number of carboxylic acid groups (broad SMARTS) is 1. The highest BCUT2D eigenvalue weighted by molar-refractivity contribution is 7.89. The maximum atomic E-state index is 12.4. The standard InChI is InChI=1S/C21H28N2O7S/c1-28-12-4-10-23-31(26,27)16-6-7-18(17(14-16)21(24)25)22-11-9-15-5-8-19(29-2)20(13-15)30-3/h5-8,13-14,22-23H,4,9-12H2,1-3H3,(H,24,25). The Morgan fingerprint density at radius 1 is 1.00 bits per heavy atom. The molecule has 0 aliphatic rings. The first-order valence-electron chi connectivity index (χ1n) is 9.63. The summed E-state index contributed by atoms with van der Waals surface area (Å²) in [6.07, 6.45) is 1.11. The molecule has 31 heavy (non-hydrogen) atoms. The number of ether oxygens (including phenoxy) is 3. The topological polar surface area (TPSA) is 123 Å². The minimum absolute atomic E-state index is 0.104. The summed E-state index contributed by atoms with van der Waals surface area (Å²) >= 11 is 0. The first kappa shape index (κ1) is 24.4. The van der Waals surface area contributed by atoms with Crippen molar-refractivity contribution in [1.29, 1.82) is 0 Å². The molecule has 2 aromatic rings. The molecule has 0 saturated carbocycles. The lowest BCUT2D eigenvalue weighted by Gasteiger charge is -2.13. The number of benzene rings is 2. The molecule has 2 rings (SSSR count). The van der Waals surface area contributed by atoms with Gasteiger partial charge >= 0.3 is 5.97 Å². The van der Waals surface area contributed by atoms with Crippen LogP contribution in [0.15, 0.2) is 41.3 Å². The fourth-order valence-electron chi connectivity index (χ4n) is 2.91. The molecule has 9 nitrogen and oxygen atoms in total. The number of nitrogens with one attached hydrogen (secondary N) is 2. The Morgan fingerprint density at radius 3 is 2.39 bits per heavy atom. The number of anilines is 1. The van der Waals surface area contributed by atoms with Gasteiger partial charge in [0.1, 0.15) is 0 Å². The molecule has 0 saturated heterocycles. The van der Waals surface area contributed by atoms with E-state index in [-0.39, 0.29) is 17.0 Å². The minimum atomic E-state index is -3.81. The molecule has 0 radical (unpaired) electrons. The number of carboxylic acids is 1. The number of sulfonamides is 1. The maximum absolute atomic E-state index is 12.4. The zero-order valence-corrected chi connectivity index (χ0v) is 18.6. The molecule has 2 aromatic carbocycles. The van der Waals surface area contributed by atoms with Crippen molar-refractivity contribution in [3.8, 4) is 11.5 Å². The van der Waals surface area contributed by atoms with E-state index in [9.17, 15) is 18.3 Å². The predicted molar refractivity (Wildman–Crippen MR) is 117 cm³/mol. The summed E-state index contributed by atoms with van der Waals surface area (Å²) in [6, 6.07) is 9.54. The summed E-state index contributed by atoms with van der Waals surface area (Å²) in [5, 5.41) is 12.6. The average Bonchev–Trinajstić information content (AvgIpc) is 2.76. The van der Waals surface area contributed by atoms with E-state index in [2.05, 4.69) is 10.0 Å². The third-order valence-electron chi connectivity index (χ3n) is 4.53. The van der Waals surface area contributed by atoms with E-state index in [0.29, 0.717) is 43.2 Å². The van der Waals surface area contributed by atoms with Gasteiger partial charge in [-0.25, -0.2) is 17.9 Å². The molecular weight excluding hydrogens is 424 g/mol. The van der Waals surface area contributed by atoms with Crippen molar-refractivity contribution in [2.45, 2.75) is 17.7 Å². The molecule has 0 atom stereocenters. The second kappa shape index (κ2) is 11.5. The molecule has 0 aromatic heterocycles.